The summed E-state index contributed by atoms with van der Waals surface area (Å²) < 4.78 is 0. The Balaban J connectivity index is 2.39. The summed E-state index contributed by atoms with van der Waals surface area (Å²) in [4.78, 5) is 25.4. The van der Waals surface area contributed by atoms with Crippen molar-refractivity contribution < 1.29 is 9.59 Å². The van der Waals surface area contributed by atoms with Crippen LogP contribution in [-0.4, -0.2) is 24.9 Å². The molecule has 116 valence electrons. The molecule has 1 aliphatic rings. The second-order valence-electron chi connectivity index (χ2n) is 6.55. The molecule has 0 aromatic carbocycles. The monoisotopic (exact) mass is 310 g/mol. The van der Waals surface area contributed by atoms with E-state index in [2.05, 4.69) is 25.7 Å². The third-order valence-corrected chi connectivity index (χ3v) is 5.38. The molecule has 1 unspecified atom stereocenters. The highest BCUT2D eigenvalue weighted by molar-refractivity contribution is 7.19. The number of carbonyl (C=O) groups is 2. The lowest BCUT2D eigenvalue weighted by Gasteiger charge is -2.27. The van der Waals surface area contributed by atoms with Crippen LogP contribution in [0.3, 0.4) is 0 Å². The number of hydrogen-bond donors (Lipinski definition) is 3. The molecule has 2 rings (SSSR count). The van der Waals surface area contributed by atoms with Gasteiger partial charge < -0.3 is 22.1 Å². The first kappa shape index (κ1) is 15.6. The van der Waals surface area contributed by atoms with Gasteiger partial charge in [0.1, 0.15) is 9.88 Å². The summed E-state index contributed by atoms with van der Waals surface area (Å²) in [7, 11) is 0. The number of amides is 2. The van der Waals surface area contributed by atoms with Gasteiger partial charge in [0.2, 0.25) is 0 Å². The molecule has 1 aromatic rings. The van der Waals surface area contributed by atoms with E-state index in [9.17, 15) is 9.59 Å². The van der Waals surface area contributed by atoms with Gasteiger partial charge in [-0.1, -0.05) is 20.8 Å². The first-order chi connectivity index (χ1) is 9.62. The third kappa shape index (κ3) is 2.83. The largest absolute Gasteiger partial charge is 0.397 e. The number of anilines is 2. The Kier molecular flexibility index (Phi) is 3.88. The molecule has 7 heteroatoms. The van der Waals surface area contributed by atoms with Crippen LogP contribution >= 0.6 is 11.3 Å². The summed E-state index contributed by atoms with van der Waals surface area (Å²) in [5.41, 5.74) is 17.1. The van der Waals surface area contributed by atoms with Crippen molar-refractivity contribution in [2.45, 2.75) is 27.2 Å². The fourth-order valence-corrected chi connectivity index (χ4v) is 3.84. The second kappa shape index (κ2) is 5.22. The Labute approximate surface area is 128 Å². The summed E-state index contributed by atoms with van der Waals surface area (Å²) in [6, 6.07) is 0. The van der Waals surface area contributed by atoms with Gasteiger partial charge in [-0.3, -0.25) is 9.59 Å². The zero-order valence-electron chi connectivity index (χ0n) is 12.6. The van der Waals surface area contributed by atoms with Crippen LogP contribution in [0.4, 0.5) is 10.7 Å². The molecule has 1 atom stereocenters. The van der Waals surface area contributed by atoms with Crippen molar-refractivity contribution in [1.29, 1.82) is 0 Å². The van der Waals surface area contributed by atoms with Crippen LogP contribution in [0.25, 0.3) is 0 Å². The van der Waals surface area contributed by atoms with Crippen molar-refractivity contribution in [3.63, 3.8) is 0 Å². The molecular weight excluding hydrogens is 288 g/mol. The SMILES string of the molecule is CC(C)(C)C1CCN(c2sc(C(N)=O)c(N)c2C(N)=O)C1. The molecule has 1 aliphatic heterocycles. The van der Waals surface area contributed by atoms with Gasteiger partial charge >= 0.3 is 0 Å². The molecule has 0 bridgehead atoms. The van der Waals surface area contributed by atoms with E-state index in [-0.39, 0.29) is 21.5 Å². The maximum Gasteiger partial charge on any atom is 0.260 e. The molecule has 0 spiro atoms. The standard InChI is InChI=1S/C14H22N4O2S/c1-14(2,3)7-4-5-18(6-7)13-8(11(16)19)9(15)10(21-13)12(17)20/h7H,4-6,15H2,1-3H3,(H2,16,19)(H2,17,20). The van der Waals surface area contributed by atoms with Crippen LogP contribution in [0.2, 0.25) is 0 Å². The highest BCUT2D eigenvalue weighted by Gasteiger charge is 2.35. The molecule has 2 heterocycles. The van der Waals surface area contributed by atoms with Crippen LogP contribution in [0.5, 0.6) is 0 Å². The van der Waals surface area contributed by atoms with Gasteiger partial charge in [0.15, 0.2) is 0 Å². The number of carbonyl (C=O) groups excluding carboxylic acids is 2. The number of hydrogen-bond acceptors (Lipinski definition) is 5. The van der Waals surface area contributed by atoms with E-state index in [1.165, 1.54) is 0 Å². The van der Waals surface area contributed by atoms with Gasteiger partial charge in [-0.2, -0.15) is 0 Å². The van der Waals surface area contributed by atoms with E-state index in [4.69, 9.17) is 17.2 Å². The molecule has 2 amide bonds. The van der Waals surface area contributed by atoms with E-state index >= 15 is 0 Å². The Hall–Kier alpha value is -1.76. The molecule has 6 nitrogen and oxygen atoms in total. The minimum absolute atomic E-state index is 0.106. The first-order valence-electron chi connectivity index (χ1n) is 6.89. The summed E-state index contributed by atoms with van der Waals surface area (Å²) in [5, 5.41) is 0.667. The number of nitrogen functional groups attached to an aromatic ring is 1. The van der Waals surface area contributed by atoms with Gasteiger partial charge in [0.25, 0.3) is 11.8 Å². The molecule has 1 fully saturated rings. The lowest BCUT2D eigenvalue weighted by molar-refractivity contribution is 0.0999. The zero-order valence-corrected chi connectivity index (χ0v) is 13.4. The Morgan fingerprint density at radius 1 is 1.24 bits per heavy atom. The maximum absolute atomic E-state index is 11.7. The zero-order chi connectivity index (χ0) is 15.9. The molecule has 6 N–H and O–H groups in total. The summed E-state index contributed by atoms with van der Waals surface area (Å²) >= 11 is 1.16. The Morgan fingerprint density at radius 2 is 1.86 bits per heavy atom. The van der Waals surface area contributed by atoms with Gasteiger partial charge in [-0.05, 0) is 17.8 Å². The fourth-order valence-electron chi connectivity index (χ4n) is 2.73. The van der Waals surface area contributed by atoms with Crippen molar-refractivity contribution in [3.8, 4) is 0 Å². The lowest BCUT2D eigenvalue weighted by atomic mass is 9.80. The van der Waals surface area contributed by atoms with Gasteiger partial charge in [-0.25, -0.2) is 0 Å². The normalized spacial score (nSPS) is 19.0. The van der Waals surface area contributed by atoms with Crippen LogP contribution in [0.1, 0.15) is 47.2 Å². The lowest BCUT2D eigenvalue weighted by Crippen LogP contribution is -2.27. The van der Waals surface area contributed by atoms with Crippen LogP contribution in [0, 0.1) is 11.3 Å². The van der Waals surface area contributed by atoms with E-state index in [0.717, 1.165) is 30.8 Å². The van der Waals surface area contributed by atoms with E-state index in [1.807, 2.05) is 0 Å². The Morgan fingerprint density at radius 3 is 2.29 bits per heavy atom. The van der Waals surface area contributed by atoms with Gasteiger partial charge in [0.05, 0.1) is 11.3 Å². The Bertz CT molecular complexity index is 589. The van der Waals surface area contributed by atoms with E-state index in [1.54, 1.807) is 0 Å². The van der Waals surface area contributed by atoms with Gasteiger partial charge in [-0.15, -0.1) is 11.3 Å². The molecule has 0 aliphatic carbocycles. The van der Waals surface area contributed by atoms with Crippen molar-refractivity contribution >= 4 is 33.8 Å². The average molecular weight is 310 g/mol. The van der Waals surface area contributed by atoms with Crippen LogP contribution in [-0.2, 0) is 0 Å². The number of rotatable bonds is 3. The minimum atomic E-state index is -0.627. The minimum Gasteiger partial charge on any atom is -0.397 e. The van der Waals surface area contributed by atoms with Crippen LogP contribution < -0.4 is 22.1 Å². The van der Waals surface area contributed by atoms with Gasteiger partial charge in [0, 0.05) is 13.1 Å². The third-order valence-electron chi connectivity index (χ3n) is 4.10. The first-order valence-corrected chi connectivity index (χ1v) is 7.71. The maximum atomic E-state index is 11.7. The predicted molar refractivity (Wildman–Crippen MR) is 85.5 cm³/mol. The number of thiophene rings is 1. The van der Waals surface area contributed by atoms with Crippen LogP contribution in [0.15, 0.2) is 0 Å². The average Bonchev–Trinajstić information content (AvgIpc) is 2.91. The number of primary amides is 2. The van der Waals surface area contributed by atoms with Crippen molar-refractivity contribution in [1.82, 2.24) is 0 Å². The molecule has 1 aromatic heterocycles. The summed E-state index contributed by atoms with van der Waals surface area (Å²) in [5.74, 6) is -0.734. The topological polar surface area (TPSA) is 115 Å². The van der Waals surface area contributed by atoms with E-state index in [0.29, 0.717) is 10.9 Å². The molecule has 21 heavy (non-hydrogen) atoms. The second-order valence-corrected chi connectivity index (χ2v) is 7.55. The van der Waals surface area contributed by atoms with Crippen molar-refractivity contribution in [2.75, 3.05) is 23.7 Å². The summed E-state index contributed by atoms with van der Waals surface area (Å²) in [6.45, 7) is 8.25. The smallest absolute Gasteiger partial charge is 0.260 e. The summed E-state index contributed by atoms with van der Waals surface area (Å²) in [6.07, 6.45) is 1.03. The fraction of sp³-hybridized carbons (Fsp3) is 0.571. The highest BCUT2D eigenvalue weighted by Crippen LogP contribution is 2.42. The molecule has 1 saturated heterocycles. The number of nitrogens with zero attached hydrogens (tertiary/aromatic N) is 1. The van der Waals surface area contributed by atoms with Crippen molar-refractivity contribution in [3.05, 3.63) is 10.4 Å². The number of nitrogens with two attached hydrogens (primary N) is 3. The molecule has 0 saturated carbocycles. The highest BCUT2D eigenvalue weighted by atomic mass is 32.1. The molecular formula is C14H22N4O2S. The van der Waals surface area contributed by atoms with E-state index < -0.39 is 11.8 Å². The quantitative estimate of drug-likeness (QED) is 0.782. The molecule has 0 radical (unpaired) electrons. The predicted octanol–water partition coefficient (Wildman–Crippen LogP) is 1.40. The van der Waals surface area contributed by atoms with Crippen molar-refractivity contribution in [2.24, 2.45) is 22.8 Å².